The number of nitrogens with zero attached hydrogens (tertiary/aromatic N) is 1. The third-order valence-corrected chi connectivity index (χ3v) is 2.91. The Bertz CT molecular complexity index is 463. The predicted octanol–water partition coefficient (Wildman–Crippen LogP) is 2.49. The fourth-order valence-corrected chi connectivity index (χ4v) is 1.82. The van der Waals surface area contributed by atoms with Crippen LogP contribution in [0.15, 0.2) is 24.3 Å². The summed E-state index contributed by atoms with van der Waals surface area (Å²) in [7, 11) is 0. The van der Waals surface area contributed by atoms with E-state index in [1.165, 1.54) is 24.0 Å². The minimum atomic E-state index is -0.402. The average Bonchev–Trinajstić information content (AvgIpc) is 2.39. The summed E-state index contributed by atoms with van der Waals surface area (Å²) in [5.41, 5.74) is 0.471. The quantitative estimate of drug-likeness (QED) is 0.780. The molecule has 0 saturated heterocycles. The van der Waals surface area contributed by atoms with Gasteiger partial charge in [0.05, 0.1) is 0 Å². The monoisotopic (exact) mass is 280 g/mol. The SMILES string of the molecule is CCCCNC(=O)CCN(C(C)=O)c1cccc(F)c1. The maximum atomic E-state index is 13.2. The average molecular weight is 280 g/mol. The molecule has 0 aliphatic rings. The van der Waals surface area contributed by atoms with Gasteiger partial charge in [0.25, 0.3) is 0 Å². The van der Waals surface area contributed by atoms with E-state index in [0.717, 1.165) is 12.8 Å². The zero-order valence-electron chi connectivity index (χ0n) is 12.0. The van der Waals surface area contributed by atoms with Gasteiger partial charge >= 0.3 is 0 Å². The Morgan fingerprint density at radius 2 is 2.10 bits per heavy atom. The zero-order valence-corrected chi connectivity index (χ0v) is 12.0. The molecule has 5 heteroatoms. The smallest absolute Gasteiger partial charge is 0.223 e. The van der Waals surface area contributed by atoms with E-state index in [4.69, 9.17) is 0 Å². The summed E-state index contributed by atoms with van der Waals surface area (Å²) in [6.45, 7) is 4.35. The summed E-state index contributed by atoms with van der Waals surface area (Å²) in [5, 5.41) is 2.79. The van der Waals surface area contributed by atoms with Crippen LogP contribution in [-0.2, 0) is 9.59 Å². The van der Waals surface area contributed by atoms with Crippen molar-refractivity contribution in [2.75, 3.05) is 18.0 Å². The highest BCUT2D eigenvalue weighted by Crippen LogP contribution is 2.16. The van der Waals surface area contributed by atoms with E-state index in [2.05, 4.69) is 5.32 Å². The lowest BCUT2D eigenvalue weighted by Crippen LogP contribution is -2.34. The fraction of sp³-hybridized carbons (Fsp3) is 0.467. The van der Waals surface area contributed by atoms with Crippen molar-refractivity contribution in [2.45, 2.75) is 33.1 Å². The molecule has 0 aliphatic heterocycles. The largest absolute Gasteiger partial charge is 0.356 e. The highest BCUT2D eigenvalue weighted by atomic mass is 19.1. The van der Waals surface area contributed by atoms with Crippen molar-refractivity contribution in [3.05, 3.63) is 30.1 Å². The number of rotatable bonds is 7. The molecule has 0 atom stereocenters. The van der Waals surface area contributed by atoms with E-state index in [9.17, 15) is 14.0 Å². The molecule has 4 nitrogen and oxygen atoms in total. The van der Waals surface area contributed by atoms with Crippen LogP contribution in [0.4, 0.5) is 10.1 Å². The summed E-state index contributed by atoms with van der Waals surface area (Å²) in [6.07, 6.45) is 2.16. The second-order valence-corrected chi connectivity index (χ2v) is 4.60. The number of hydrogen-bond donors (Lipinski definition) is 1. The summed E-state index contributed by atoms with van der Waals surface area (Å²) >= 11 is 0. The van der Waals surface area contributed by atoms with E-state index in [0.29, 0.717) is 12.2 Å². The number of nitrogens with one attached hydrogen (secondary N) is 1. The minimum Gasteiger partial charge on any atom is -0.356 e. The normalized spacial score (nSPS) is 10.2. The molecule has 1 N–H and O–H groups in total. The van der Waals surface area contributed by atoms with E-state index in [-0.39, 0.29) is 24.8 Å². The molecule has 0 aliphatic carbocycles. The van der Waals surface area contributed by atoms with Crippen LogP contribution in [0.25, 0.3) is 0 Å². The first-order chi connectivity index (χ1) is 9.54. The molecule has 0 aromatic heterocycles. The molecule has 0 spiro atoms. The van der Waals surface area contributed by atoms with Crippen molar-refractivity contribution in [2.24, 2.45) is 0 Å². The Morgan fingerprint density at radius 1 is 1.35 bits per heavy atom. The number of carbonyl (C=O) groups is 2. The first-order valence-electron chi connectivity index (χ1n) is 6.85. The van der Waals surface area contributed by atoms with Gasteiger partial charge in [0, 0.05) is 32.1 Å². The van der Waals surface area contributed by atoms with Gasteiger partial charge in [-0.15, -0.1) is 0 Å². The Morgan fingerprint density at radius 3 is 2.70 bits per heavy atom. The van der Waals surface area contributed by atoms with Gasteiger partial charge in [-0.2, -0.15) is 0 Å². The third-order valence-electron chi connectivity index (χ3n) is 2.91. The Hall–Kier alpha value is -1.91. The van der Waals surface area contributed by atoms with E-state index >= 15 is 0 Å². The first kappa shape index (κ1) is 16.1. The topological polar surface area (TPSA) is 49.4 Å². The van der Waals surface area contributed by atoms with Crippen LogP contribution in [0, 0.1) is 5.82 Å². The second-order valence-electron chi connectivity index (χ2n) is 4.60. The molecule has 0 unspecified atom stereocenters. The van der Waals surface area contributed by atoms with Crippen molar-refractivity contribution in [1.82, 2.24) is 5.32 Å². The number of amides is 2. The molecule has 1 aromatic rings. The van der Waals surface area contributed by atoms with Gasteiger partial charge in [0.15, 0.2) is 0 Å². The molecule has 0 heterocycles. The minimum absolute atomic E-state index is 0.0962. The Labute approximate surface area is 119 Å². The Kier molecular flexibility index (Phi) is 6.70. The number of carbonyl (C=O) groups excluding carboxylic acids is 2. The van der Waals surface area contributed by atoms with Crippen LogP contribution in [0.1, 0.15) is 33.1 Å². The summed E-state index contributed by atoms with van der Waals surface area (Å²) in [6, 6.07) is 5.80. The predicted molar refractivity (Wildman–Crippen MR) is 77.0 cm³/mol. The third kappa shape index (κ3) is 5.38. The fourth-order valence-electron chi connectivity index (χ4n) is 1.82. The summed E-state index contributed by atoms with van der Waals surface area (Å²) in [5.74, 6) is -0.709. The molecule has 1 aromatic carbocycles. The van der Waals surface area contributed by atoms with Gasteiger partial charge in [0.2, 0.25) is 11.8 Å². The van der Waals surface area contributed by atoms with Crippen molar-refractivity contribution in [1.29, 1.82) is 0 Å². The standard InChI is InChI=1S/C15H21FN2O2/c1-3-4-9-17-15(20)8-10-18(12(2)19)14-7-5-6-13(16)11-14/h5-7,11H,3-4,8-10H2,1-2H3,(H,17,20). The highest BCUT2D eigenvalue weighted by Gasteiger charge is 2.13. The summed E-state index contributed by atoms with van der Waals surface area (Å²) in [4.78, 5) is 24.6. The number of anilines is 1. The number of unbranched alkanes of at least 4 members (excludes halogenated alkanes) is 1. The lowest BCUT2D eigenvalue weighted by molar-refractivity contribution is -0.121. The zero-order chi connectivity index (χ0) is 15.0. The second kappa shape index (κ2) is 8.30. The molecule has 1 rings (SSSR count). The summed E-state index contributed by atoms with van der Waals surface area (Å²) < 4.78 is 13.2. The van der Waals surface area contributed by atoms with Crippen LogP contribution in [0.5, 0.6) is 0 Å². The number of halogens is 1. The maximum Gasteiger partial charge on any atom is 0.223 e. The molecule has 20 heavy (non-hydrogen) atoms. The highest BCUT2D eigenvalue weighted by molar-refractivity contribution is 5.92. The van der Waals surface area contributed by atoms with E-state index in [1.807, 2.05) is 6.92 Å². The molecule has 0 bridgehead atoms. The molecule has 0 fully saturated rings. The molecule has 2 amide bonds. The van der Waals surface area contributed by atoms with Gasteiger partial charge in [0.1, 0.15) is 5.82 Å². The van der Waals surface area contributed by atoms with Gasteiger partial charge in [-0.25, -0.2) is 4.39 Å². The van der Waals surface area contributed by atoms with Crippen molar-refractivity contribution in [3.63, 3.8) is 0 Å². The Balaban J connectivity index is 2.56. The van der Waals surface area contributed by atoms with Crippen molar-refractivity contribution < 1.29 is 14.0 Å². The number of hydrogen-bond acceptors (Lipinski definition) is 2. The van der Waals surface area contributed by atoms with Gasteiger partial charge in [-0.3, -0.25) is 9.59 Å². The van der Waals surface area contributed by atoms with Crippen molar-refractivity contribution >= 4 is 17.5 Å². The molecule has 0 radical (unpaired) electrons. The lowest BCUT2D eigenvalue weighted by Gasteiger charge is -2.21. The van der Waals surface area contributed by atoms with E-state index < -0.39 is 5.82 Å². The van der Waals surface area contributed by atoms with Crippen LogP contribution >= 0.6 is 0 Å². The molecule has 0 saturated carbocycles. The number of benzene rings is 1. The maximum absolute atomic E-state index is 13.2. The van der Waals surface area contributed by atoms with Crippen molar-refractivity contribution in [3.8, 4) is 0 Å². The van der Waals surface area contributed by atoms with Gasteiger partial charge in [-0.05, 0) is 24.6 Å². The molecule has 110 valence electrons. The van der Waals surface area contributed by atoms with Crippen LogP contribution in [0.2, 0.25) is 0 Å². The van der Waals surface area contributed by atoms with Crippen LogP contribution < -0.4 is 10.2 Å². The van der Waals surface area contributed by atoms with E-state index in [1.54, 1.807) is 12.1 Å². The van der Waals surface area contributed by atoms with Crippen LogP contribution in [-0.4, -0.2) is 24.9 Å². The molecular weight excluding hydrogens is 259 g/mol. The molecular formula is C15H21FN2O2. The van der Waals surface area contributed by atoms with Gasteiger partial charge in [-0.1, -0.05) is 19.4 Å². The lowest BCUT2D eigenvalue weighted by atomic mass is 10.2. The van der Waals surface area contributed by atoms with Crippen LogP contribution in [0.3, 0.4) is 0 Å². The van der Waals surface area contributed by atoms with Gasteiger partial charge < -0.3 is 10.2 Å². The first-order valence-corrected chi connectivity index (χ1v) is 6.85.